The average molecular weight is 467 g/mol. The highest BCUT2D eigenvalue weighted by Gasteiger charge is 2.30. The molecular formula is C27H31ClN2O3. The minimum atomic E-state index is -0.916. The first kappa shape index (κ1) is 24.6. The minimum absolute atomic E-state index is 0. The normalized spacial score (nSPS) is 17.4. The van der Waals surface area contributed by atoms with Gasteiger partial charge in [0.25, 0.3) is 5.91 Å². The van der Waals surface area contributed by atoms with Gasteiger partial charge >= 0.3 is 5.97 Å². The van der Waals surface area contributed by atoms with Crippen LogP contribution < -0.4 is 10.2 Å². The third-order valence-electron chi connectivity index (χ3n) is 6.53. The second kappa shape index (κ2) is 11.2. The van der Waals surface area contributed by atoms with E-state index in [4.69, 9.17) is 5.11 Å². The van der Waals surface area contributed by atoms with Gasteiger partial charge in [-0.05, 0) is 61.3 Å². The van der Waals surface area contributed by atoms with Crippen LogP contribution in [0, 0.1) is 0 Å². The summed E-state index contributed by atoms with van der Waals surface area (Å²) in [4.78, 5) is 25.3. The highest BCUT2D eigenvalue weighted by Crippen LogP contribution is 2.40. The molecule has 0 aromatic heterocycles. The van der Waals surface area contributed by atoms with Gasteiger partial charge in [0.05, 0.1) is 6.42 Å². The Morgan fingerprint density at radius 2 is 1.73 bits per heavy atom. The molecule has 1 amide bonds. The molecule has 0 bridgehead atoms. The molecule has 6 heteroatoms. The summed E-state index contributed by atoms with van der Waals surface area (Å²) in [6.45, 7) is 3.34. The molecule has 4 rings (SSSR count). The smallest absolute Gasteiger partial charge is 0.305 e. The van der Waals surface area contributed by atoms with E-state index < -0.39 is 5.97 Å². The van der Waals surface area contributed by atoms with Crippen molar-refractivity contribution in [2.45, 2.75) is 44.6 Å². The first-order chi connectivity index (χ1) is 15.6. The fourth-order valence-corrected chi connectivity index (χ4v) is 4.92. The van der Waals surface area contributed by atoms with Gasteiger partial charge in [-0.25, -0.2) is 0 Å². The Morgan fingerprint density at radius 1 is 1.00 bits per heavy atom. The standard InChI is InChI=1S/C27H30N2O3.ClH/c1-2-29(25-9-5-7-20-6-3-4-8-24(20)25)23-15-14-22(18-23)19-10-12-21(13-11-19)27(32)28-17-16-26(30)31;/h3-13,22-23H,2,14-18H2,1H3,(H,28,32)(H,30,31);1H. The van der Waals surface area contributed by atoms with Crippen LogP contribution in [0.1, 0.15) is 54.4 Å². The van der Waals surface area contributed by atoms with Crippen molar-refractivity contribution < 1.29 is 14.7 Å². The molecule has 0 spiro atoms. The van der Waals surface area contributed by atoms with Gasteiger partial charge in [0.1, 0.15) is 0 Å². The third-order valence-corrected chi connectivity index (χ3v) is 6.53. The second-order valence-electron chi connectivity index (χ2n) is 8.47. The van der Waals surface area contributed by atoms with Gasteiger partial charge in [0.2, 0.25) is 0 Å². The number of aliphatic carboxylic acids is 1. The molecule has 0 radical (unpaired) electrons. The number of carbonyl (C=O) groups excluding carboxylic acids is 1. The van der Waals surface area contributed by atoms with E-state index in [-0.39, 0.29) is 31.3 Å². The fraction of sp³-hybridized carbons (Fsp3) is 0.333. The van der Waals surface area contributed by atoms with Crippen molar-refractivity contribution in [1.29, 1.82) is 0 Å². The Balaban J connectivity index is 0.00000306. The van der Waals surface area contributed by atoms with Crippen LogP contribution in [-0.4, -0.2) is 36.1 Å². The van der Waals surface area contributed by atoms with E-state index in [1.54, 1.807) is 0 Å². The number of carboxylic acids is 1. The molecule has 0 aliphatic heterocycles. The number of anilines is 1. The van der Waals surface area contributed by atoms with Gasteiger partial charge in [-0.3, -0.25) is 9.59 Å². The number of nitrogens with zero attached hydrogens (tertiary/aromatic N) is 1. The summed E-state index contributed by atoms with van der Waals surface area (Å²) in [6.07, 6.45) is 3.31. The molecule has 174 valence electrons. The third kappa shape index (κ3) is 5.66. The summed E-state index contributed by atoms with van der Waals surface area (Å²) < 4.78 is 0. The molecule has 33 heavy (non-hydrogen) atoms. The number of amides is 1. The van der Waals surface area contributed by atoms with Gasteiger partial charge < -0.3 is 15.3 Å². The first-order valence-corrected chi connectivity index (χ1v) is 11.4. The number of benzene rings is 3. The summed E-state index contributed by atoms with van der Waals surface area (Å²) in [6, 6.07) is 23.4. The molecule has 1 saturated carbocycles. The number of halogens is 1. The van der Waals surface area contributed by atoms with E-state index in [2.05, 4.69) is 59.6 Å². The average Bonchev–Trinajstić information content (AvgIpc) is 3.29. The number of carbonyl (C=O) groups is 2. The molecule has 1 aliphatic carbocycles. The molecular weight excluding hydrogens is 436 g/mol. The van der Waals surface area contributed by atoms with E-state index in [1.165, 1.54) is 22.0 Å². The predicted molar refractivity (Wildman–Crippen MR) is 136 cm³/mol. The van der Waals surface area contributed by atoms with Crippen molar-refractivity contribution in [3.05, 3.63) is 77.9 Å². The number of hydrogen-bond acceptors (Lipinski definition) is 3. The predicted octanol–water partition coefficient (Wildman–Crippen LogP) is 5.63. The van der Waals surface area contributed by atoms with E-state index in [9.17, 15) is 9.59 Å². The Kier molecular flexibility index (Phi) is 8.34. The quantitative estimate of drug-likeness (QED) is 0.451. The van der Waals surface area contributed by atoms with E-state index in [0.29, 0.717) is 17.5 Å². The Morgan fingerprint density at radius 3 is 2.45 bits per heavy atom. The number of nitrogens with one attached hydrogen (secondary N) is 1. The van der Waals surface area contributed by atoms with Crippen molar-refractivity contribution in [1.82, 2.24) is 5.32 Å². The number of hydrogen-bond donors (Lipinski definition) is 2. The van der Waals surface area contributed by atoms with Gasteiger partial charge in [-0.15, -0.1) is 12.4 Å². The molecule has 2 unspecified atom stereocenters. The number of rotatable bonds is 8. The summed E-state index contributed by atoms with van der Waals surface area (Å²) in [5, 5.41) is 13.9. The molecule has 1 fully saturated rings. The van der Waals surface area contributed by atoms with Crippen LogP contribution in [-0.2, 0) is 4.79 Å². The molecule has 0 saturated heterocycles. The van der Waals surface area contributed by atoms with Crippen molar-refractivity contribution >= 4 is 40.7 Å². The zero-order chi connectivity index (χ0) is 22.5. The van der Waals surface area contributed by atoms with E-state index in [0.717, 1.165) is 25.8 Å². The summed E-state index contributed by atoms with van der Waals surface area (Å²) >= 11 is 0. The minimum Gasteiger partial charge on any atom is -0.481 e. The highest BCUT2D eigenvalue weighted by molar-refractivity contribution is 5.95. The maximum atomic E-state index is 12.2. The summed E-state index contributed by atoms with van der Waals surface area (Å²) in [5.74, 6) is -0.663. The van der Waals surface area contributed by atoms with E-state index >= 15 is 0 Å². The topological polar surface area (TPSA) is 69.6 Å². The summed E-state index contributed by atoms with van der Waals surface area (Å²) in [5.41, 5.74) is 3.15. The first-order valence-electron chi connectivity index (χ1n) is 11.4. The molecule has 2 N–H and O–H groups in total. The number of fused-ring (bicyclic) bond motifs is 1. The van der Waals surface area contributed by atoms with Crippen molar-refractivity contribution in [2.24, 2.45) is 0 Å². The summed E-state index contributed by atoms with van der Waals surface area (Å²) in [7, 11) is 0. The largest absolute Gasteiger partial charge is 0.481 e. The van der Waals surface area contributed by atoms with Gasteiger partial charge in [-0.2, -0.15) is 0 Å². The van der Waals surface area contributed by atoms with Gasteiger partial charge in [0.15, 0.2) is 0 Å². The molecule has 0 heterocycles. The zero-order valence-corrected chi connectivity index (χ0v) is 19.7. The molecule has 3 aromatic carbocycles. The molecule has 1 aliphatic rings. The van der Waals surface area contributed by atoms with Gasteiger partial charge in [-0.1, -0.05) is 48.5 Å². The highest BCUT2D eigenvalue weighted by atomic mass is 35.5. The molecule has 3 aromatic rings. The zero-order valence-electron chi connectivity index (χ0n) is 18.9. The van der Waals surface area contributed by atoms with Crippen LogP contribution in [0.25, 0.3) is 10.8 Å². The van der Waals surface area contributed by atoms with Crippen LogP contribution in [0.5, 0.6) is 0 Å². The second-order valence-corrected chi connectivity index (χ2v) is 8.47. The molecule has 2 atom stereocenters. The van der Waals surface area contributed by atoms with E-state index in [1.807, 2.05) is 24.3 Å². The number of carboxylic acid groups (broad SMARTS) is 1. The van der Waals surface area contributed by atoms with Crippen LogP contribution in [0.2, 0.25) is 0 Å². The fourth-order valence-electron chi connectivity index (χ4n) is 4.92. The molecule has 5 nitrogen and oxygen atoms in total. The van der Waals surface area contributed by atoms with Gasteiger partial charge in [0, 0.05) is 35.8 Å². The van der Waals surface area contributed by atoms with Crippen LogP contribution in [0.4, 0.5) is 5.69 Å². The Hall–Kier alpha value is -3.05. The maximum Gasteiger partial charge on any atom is 0.305 e. The van der Waals surface area contributed by atoms with Crippen molar-refractivity contribution in [2.75, 3.05) is 18.0 Å². The lowest BCUT2D eigenvalue weighted by molar-refractivity contribution is -0.136. The van der Waals surface area contributed by atoms with Crippen molar-refractivity contribution in [3.63, 3.8) is 0 Å². The van der Waals surface area contributed by atoms with Crippen LogP contribution in [0.3, 0.4) is 0 Å². The lowest BCUT2D eigenvalue weighted by Crippen LogP contribution is -2.33. The maximum absolute atomic E-state index is 12.2. The Bertz CT molecular complexity index is 1090. The van der Waals surface area contributed by atoms with Crippen LogP contribution >= 0.6 is 12.4 Å². The lowest BCUT2D eigenvalue weighted by Gasteiger charge is -2.31. The van der Waals surface area contributed by atoms with Crippen LogP contribution in [0.15, 0.2) is 66.7 Å². The Labute approximate surface area is 201 Å². The van der Waals surface area contributed by atoms with Crippen molar-refractivity contribution in [3.8, 4) is 0 Å². The lowest BCUT2D eigenvalue weighted by atomic mass is 9.96. The SMILES string of the molecule is CCN(c1cccc2ccccc12)C1CCC(c2ccc(C(=O)NCCC(=O)O)cc2)C1.Cl. The monoisotopic (exact) mass is 466 g/mol.